The third kappa shape index (κ3) is 15.4. The van der Waals surface area contributed by atoms with Crippen LogP contribution in [0.5, 0.6) is 0 Å². The molecule has 0 aliphatic carbocycles. The van der Waals surface area contributed by atoms with Crippen molar-refractivity contribution in [2.45, 2.75) is 84.5 Å². The van der Waals surface area contributed by atoms with Crippen LogP contribution in [0, 0.1) is 0 Å². The zero-order chi connectivity index (χ0) is 21.6. The molecule has 0 amide bonds. The standard InChI is InChI=1S/C16H43O6Si5/c1-23(2,3)19-25(6,7)21-27(10,11)22-26(8,9)20-24(4,5)16-15-18-14-12-13-17/h12-16H2,1-11H3. The summed E-state index contributed by atoms with van der Waals surface area (Å²) in [5.41, 5.74) is 0. The van der Waals surface area contributed by atoms with Crippen molar-refractivity contribution in [2.75, 3.05) is 19.8 Å². The molecule has 0 saturated carbocycles. The third-order valence-electron chi connectivity index (χ3n) is 3.34. The van der Waals surface area contributed by atoms with Crippen LogP contribution in [0.4, 0.5) is 0 Å². The van der Waals surface area contributed by atoms with Gasteiger partial charge in [-0.05, 0) is 84.5 Å². The molecule has 0 aliphatic rings. The second-order valence-corrected chi connectivity index (χ2v) is 29.8. The summed E-state index contributed by atoms with van der Waals surface area (Å²) in [6.07, 6.45) is 0.572. The molecule has 0 heterocycles. The van der Waals surface area contributed by atoms with Gasteiger partial charge in [0.15, 0.2) is 16.6 Å². The number of ether oxygens (including phenoxy) is 1. The van der Waals surface area contributed by atoms with E-state index in [2.05, 4.69) is 72.0 Å². The summed E-state index contributed by atoms with van der Waals surface area (Å²) in [5, 5.41) is 10.5. The molecule has 0 spiro atoms. The minimum atomic E-state index is -2.37. The van der Waals surface area contributed by atoms with Gasteiger partial charge in [0, 0.05) is 13.2 Å². The highest BCUT2D eigenvalue weighted by atomic mass is 28.5. The molecule has 0 saturated heterocycles. The lowest BCUT2D eigenvalue weighted by atomic mass is 10.5. The highest BCUT2D eigenvalue weighted by Gasteiger charge is 2.45. The highest BCUT2D eigenvalue weighted by Crippen LogP contribution is 2.26. The molecule has 0 aliphatic heterocycles. The Kier molecular flexibility index (Phi) is 11.1. The monoisotopic (exact) mass is 471 g/mol. The van der Waals surface area contributed by atoms with Crippen molar-refractivity contribution in [1.82, 2.24) is 0 Å². The van der Waals surface area contributed by atoms with Crippen LogP contribution in [0.15, 0.2) is 0 Å². The molecule has 6 nitrogen and oxygen atoms in total. The smallest absolute Gasteiger partial charge is 0.314 e. The highest BCUT2D eigenvalue weighted by molar-refractivity contribution is 6.90. The molecule has 163 valence electrons. The summed E-state index contributed by atoms with van der Waals surface area (Å²) < 4.78 is 31.4. The van der Waals surface area contributed by atoms with E-state index in [0.29, 0.717) is 19.6 Å². The van der Waals surface area contributed by atoms with Gasteiger partial charge in [-0.25, -0.2) is 5.11 Å². The van der Waals surface area contributed by atoms with E-state index >= 15 is 0 Å². The summed E-state index contributed by atoms with van der Waals surface area (Å²) in [7, 11) is -10.5. The average molecular weight is 472 g/mol. The Morgan fingerprint density at radius 3 is 1.48 bits per heavy atom. The van der Waals surface area contributed by atoms with E-state index in [9.17, 15) is 5.11 Å². The molecule has 0 aromatic rings. The van der Waals surface area contributed by atoms with Gasteiger partial charge in [-0.3, -0.25) is 0 Å². The first-order valence-electron chi connectivity index (χ1n) is 9.85. The van der Waals surface area contributed by atoms with E-state index in [4.69, 9.17) is 21.2 Å². The predicted octanol–water partition coefficient (Wildman–Crippen LogP) is 5.04. The van der Waals surface area contributed by atoms with Crippen molar-refractivity contribution >= 4 is 42.3 Å². The van der Waals surface area contributed by atoms with Crippen LogP contribution < -0.4 is 0 Å². The molecular weight excluding hydrogens is 429 g/mol. The molecule has 0 unspecified atom stereocenters. The molecule has 27 heavy (non-hydrogen) atoms. The van der Waals surface area contributed by atoms with Gasteiger partial charge >= 0.3 is 25.7 Å². The molecule has 0 bridgehead atoms. The first-order valence-corrected chi connectivity index (χ1v) is 24.8. The summed E-state index contributed by atoms with van der Waals surface area (Å²) in [4.78, 5) is 0. The molecular formula is C16H43O6Si5. The van der Waals surface area contributed by atoms with E-state index < -0.39 is 42.3 Å². The Hall–Kier alpha value is 0.844. The van der Waals surface area contributed by atoms with E-state index in [1.165, 1.54) is 0 Å². The maximum Gasteiger partial charge on any atom is 0.314 e. The van der Waals surface area contributed by atoms with Crippen LogP contribution in [-0.4, -0.2) is 62.1 Å². The fourth-order valence-corrected chi connectivity index (χ4v) is 26.6. The maximum atomic E-state index is 10.5. The van der Waals surface area contributed by atoms with Gasteiger partial charge in [-0.2, -0.15) is 0 Å². The second kappa shape index (κ2) is 10.7. The van der Waals surface area contributed by atoms with Crippen LogP contribution in [0.25, 0.3) is 0 Å². The van der Waals surface area contributed by atoms with Crippen LogP contribution in [0.2, 0.25) is 78.1 Å². The van der Waals surface area contributed by atoms with Crippen LogP contribution >= 0.6 is 0 Å². The lowest BCUT2D eigenvalue weighted by Gasteiger charge is -2.42. The molecule has 0 N–H and O–H groups in total. The van der Waals surface area contributed by atoms with Gasteiger partial charge < -0.3 is 21.2 Å². The Labute approximate surface area is 172 Å². The summed E-state index contributed by atoms with van der Waals surface area (Å²) in [5.74, 6) is 0. The summed E-state index contributed by atoms with van der Waals surface area (Å²) >= 11 is 0. The largest absolute Gasteiger partial charge is 0.437 e. The van der Waals surface area contributed by atoms with Gasteiger partial charge in [0.1, 0.15) is 0 Å². The predicted molar refractivity (Wildman–Crippen MR) is 123 cm³/mol. The van der Waals surface area contributed by atoms with Crippen molar-refractivity contribution in [3.05, 3.63) is 0 Å². The van der Waals surface area contributed by atoms with E-state index in [0.717, 1.165) is 6.04 Å². The van der Waals surface area contributed by atoms with Gasteiger partial charge in [0.25, 0.3) is 0 Å². The Balaban J connectivity index is 4.72. The van der Waals surface area contributed by atoms with Crippen LogP contribution in [0.3, 0.4) is 0 Å². The first-order chi connectivity index (χ1) is 11.9. The van der Waals surface area contributed by atoms with E-state index in [1.54, 1.807) is 0 Å². The van der Waals surface area contributed by atoms with Crippen LogP contribution in [-0.2, 0) is 26.3 Å². The fourth-order valence-electron chi connectivity index (χ4n) is 3.28. The zero-order valence-electron chi connectivity index (χ0n) is 19.5. The Bertz CT molecular complexity index is 438. The lowest BCUT2D eigenvalue weighted by Crippen LogP contribution is -2.58. The fraction of sp³-hybridized carbons (Fsp3) is 1.00. The summed E-state index contributed by atoms with van der Waals surface area (Å²) in [6.45, 7) is 24.7. The van der Waals surface area contributed by atoms with Crippen LogP contribution in [0.1, 0.15) is 6.42 Å². The normalized spacial score (nSPS) is 14.7. The Morgan fingerprint density at radius 2 is 1.04 bits per heavy atom. The van der Waals surface area contributed by atoms with Gasteiger partial charge in [0.05, 0.1) is 6.61 Å². The quantitative estimate of drug-likeness (QED) is 0.262. The first kappa shape index (κ1) is 27.8. The van der Waals surface area contributed by atoms with Crippen molar-refractivity contribution in [3.8, 4) is 0 Å². The van der Waals surface area contributed by atoms with Crippen molar-refractivity contribution in [2.24, 2.45) is 0 Å². The Morgan fingerprint density at radius 1 is 0.593 bits per heavy atom. The number of hydrogen-bond donors (Lipinski definition) is 0. The SMILES string of the molecule is C[Si](C)(C)O[Si](C)(C)O[Si](C)(C)O[Si](C)(C)O[Si](C)(C)CCOCCC[O]. The minimum Gasteiger partial charge on any atom is -0.437 e. The maximum absolute atomic E-state index is 10.5. The minimum absolute atomic E-state index is 0.0775. The van der Waals surface area contributed by atoms with E-state index in [-0.39, 0.29) is 6.61 Å². The molecule has 0 rings (SSSR count). The number of hydrogen-bond acceptors (Lipinski definition) is 5. The van der Waals surface area contributed by atoms with Gasteiger partial charge in [-0.1, -0.05) is 0 Å². The van der Waals surface area contributed by atoms with Crippen molar-refractivity contribution in [3.63, 3.8) is 0 Å². The zero-order valence-corrected chi connectivity index (χ0v) is 24.5. The molecule has 11 heteroatoms. The lowest BCUT2D eigenvalue weighted by molar-refractivity contribution is 0.106. The van der Waals surface area contributed by atoms with Gasteiger partial charge in [0.2, 0.25) is 0 Å². The van der Waals surface area contributed by atoms with Crippen molar-refractivity contribution < 1.29 is 26.3 Å². The average Bonchev–Trinajstić information content (AvgIpc) is 2.29. The molecule has 0 fully saturated rings. The topological polar surface area (TPSA) is 66.1 Å². The molecule has 0 aromatic heterocycles. The summed E-state index contributed by atoms with van der Waals surface area (Å²) in [6, 6.07) is 0.896. The molecule has 0 aromatic carbocycles. The van der Waals surface area contributed by atoms with Gasteiger partial charge in [-0.15, -0.1) is 0 Å². The molecule has 0 atom stereocenters. The molecule has 1 radical (unpaired) electrons. The van der Waals surface area contributed by atoms with E-state index in [1.807, 2.05) is 0 Å². The number of rotatable bonds is 14. The van der Waals surface area contributed by atoms with Crippen molar-refractivity contribution in [1.29, 1.82) is 0 Å². The second-order valence-electron chi connectivity index (χ2n) is 9.90. The third-order valence-corrected chi connectivity index (χ3v) is 21.2.